The molecular formula is C12H22NO3. The second-order valence-electron chi connectivity index (χ2n) is 6.13. The summed E-state index contributed by atoms with van der Waals surface area (Å²) in [5.74, 6) is -0.411. The van der Waals surface area contributed by atoms with E-state index in [9.17, 15) is 10.0 Å². The number of rotatable bonds is 3. The van der Waals surface area contributed by atoms with Crippen molar-refractivity contribution in [1.82, 2.24) is 5.06 Å². The quantitative estimate of drug-likeness (QED) is 0.807. The molecule has 0 aromatic heterocycles. The van der Waals surface area contributed by atoms with Gasteiger partial charge in [-0.3, -0.25) is 4.79 Å². The van der Waals surface area contributed by atoms with Gasteiger partial charge in [0.1, 0.15) is 0 Å². The highest BCUT2D eigenvalue weighted by molar-refractivity contribution is 5.66. The summed E-state index contributed by atoms with van der Waals surface area (Å²) in [6.07, 6.45) is 2.45. The van der Waals surface area contributed by atoms with Crippen LogP contribution in [0.25, 0.3) is 0 Å². The molecule has 0 aromatic rings. The number of carboxylic acids is 1. The van der Waals surface area contributed by atoms with Crippen molar-refractivity contribution < 1.29 is 15.1 Å². The second kappa shape index (κ2) is 4.34. The van der Waals surface area contributed by atoms with Crippen molar-refractivity contribution in [2.75, 3.05) is 0 Å². The Morgan fingerprint density at radius 1 is 1.25 bits per heavy atom. The summed E-state index contributed by atoms with van der Waals surface area (Å²) >= 11 is 0. The van der Waals surface area contributed by atoms with Gasteiger partial charge in [-0.1, -0.05) is 0 Å². The molecule has 0 unspecified atom stereocenters. The van der Waals surface area contributed by atoms with E-state index in [0.29, 0.717) is 12.3 Å². The van der Waals surface area contributed by atoms with Gasteiger partial charge in [0.05, 0.1) is 0 Å². The van der Waals surface area contributed by atoms with E-state index in [1.807, 2.05) is 27.7 Å². The molecule has 1 aliphatic rings. The van der Waals surface area contributed by atoms with Gasteiger partial charge in [-0.25, -0.2) is 0 Å². The maximum Gasteiger partial charge on any atom is 0.303 e. The zero-order valence-corrected chi connectivity index (χ0v) is 10.6. The van der Waals surface area contributed by atoms with E-state index >= 15 is 0 Å². The molecule has 0 aromatic carbocycles. The molecule has 1 heterocycles. The molecular weight excluding hydrogens is 206 g/mol. The van der Waals surface area contributed by atoms with Crippen LogP contribution in [0.4, 0.5) is 0 Å². The van der Waals surface area contributed by atoms with Crippen LogP contribution in [0.2, 0.25) is 0 Å². The van der Waals surface area contributed by atoms with E-state index in [0.717, 1.165) is 12.8 Å². The molecule has 0 saturated carbocycles. The van der Waals surface area contributed by atoms with Gasteiger partial charge in [-0.15, -0.1) is 10.3 Å². The first-order valence-electron chi connectivity index (χ1n) is 5.84. The summed E-state index contributed by atoms with van der Waals surface area (Å²) in [5.41, 5.74) is -0.768. The molecule has 0 atom stereocenters. The molecule has 0 aliphatic carbocycles. The van der Waals surface area contributed by atoms with E-state index in [1.165, 1.54) is 5.06 Å². The van der Waals surface area contributed by atoms with Crippen LogP contribution in [0.3, 0.4) is 0 Å². The van der Waals surface area contributed by atoms with Gasteiger partial charge >= 0.3 is 5.97 Å². The maximum atomic E-state index is 12.1. The van der Waals surface area contributed by atoms with Gasteiger partial charge in [0.2, 0.25) is 0 Å². The van der Waals surface area contributed by atoms with E-state index in [-0.39, 0.29) is 17.5 Å². The average Bonchev–Trinajstić information content (AvgIpc) is 2.10. The van der Waals surface area contributed by atoms with Crippen LogP contribution in [0, 0.1) is 5.92 Å². The molecule has 0 amide bonds. The summed E-state index contributed by atoms with van der Waals surface area (Å²) < 4.78 is 0. The monoisotopic (exact) mass is 228 g/mol. The molecule has 16 heavy (non-hydrogen) atoms. The molecule has 4 heteroatoms. The second-order valence-corrected chi connectivity index (χ2v) is 6.13. The van der Waals surface area contributed by atoms with Crippen molar-refractivity contribution in [2.45, 2.75) is 64.5 Å². The molecule has 1 saturated heterocycles. The number of hydroxylamine groups is 2. The van der Waals surface area contributed by atoms with Gasteiger partial charge in [-0.2, -0.15) is 0 Å². The highest BCUT2D eigenvalue weighted by atomic mass is 16.5. The van der Waals surface area contributed by atoms with Crippen molar-refractivity contribution in [2.24, 2.45) is 5.92 Å². The number of aliphatic carboxylic acids is 1. The van der Waals surface area contributed by atoms with Gasteiger partial charge in [0.25, 0.3) is 0 Å². The zero-order valence-electron chi connectivity index (χ0n) is 10.6. The molecule has 1 N–H and O–H groups in total. The highest BCUT2D eigenvalue weighted by Crippen LogP contribution is 2.41. The third-order valence-corrected chi connectivity index (χ3v) is 3.44. The highest BCUT2D eigenvalue weighted by Gasteiger charge is 2.45. The molecule has 1 radical (unpaired) electrons. The summed E-state index contributed by atoms with van der Waals surface area (Å²) in [6.45, 7) is 7.76. The maximum absolute atomic E-state index is 12.1. The smallest absolute Gasteiger partial charge is 0.303 e. The third kappa shape index (κ3) is 2.95. The first-order valence-corrected chi connectivity index (χ1v) is 5.84. The Bertz CT molecular complexity index is 255. The lowest BCUT2D eigenvalue weighted by Gasteiger charge is -2.50. The van der Waals surface area contributed by atoms with Crippen molar-refractivity contribution in [3.63, 3.8) is 0 Å². The van der Waals surface area contributed by atoms with Gasteiger partial charge in [-0.05, 0) is 52.9 Å². The lowest BCUT2D eigenvalue weighted by Crippen LogP contribution is -2.58. The van der Waals surface area contributed by atoms with Crippen LogP contribution in [0.5, 0.6) is 0 Å². The Labute approximate surface area is 97.2 Å². The van der Waals surface area contributed by atoms with Crippen LogP contribution < -0.4 is 0 Å². The number of carbonyl (C=O) groups is 1. The van der Waals surface area contributed by atoms with E-state index in [1.54, 1.807) is 0 Å². The summed E-state index contributed by atoms with van der Waals surface area (Å²) in [4.78, 5) is 10.6. The van der Waals surface area contributed by atoms with Crippen LogP contribution >= 0.6 is 0 Å². The first kappa shape index (κ1) is 13.5. The summed E-state index contributed by atoms with van der Waals surface area (Å²) in [7, 11) is 0. The fourth-order valence-corrected chi connectivity index (χ4v) is 3.00. The van der Waals surface area contributed by atoms with Crippen LogP contribution in [0.15, 0.2) is 0 Å². The van der Waals surface area contributed by atoms with Gasteiger partial charge < -0.3 is 5.11 Å². The molecule has 93 valence electrons. The predicted molar refractivity (Wildman–Crippen MR) is 60.3 cm³/mol. The number of nitrogens with zero attached hydrogens (tertiary/aromatic N) is 1. The largest absolute Gasteiger partial charge is 0.481 e. The Hall–Kier alpha value is -0.610. The topological polar surface area (TPSA) is 60.4 Å². The van der Waals surface area contributed by atoms with E-state index < -0.39 is 5.97 Å². The van der Waals surface area contributed by atoms with Crippen LogP contribution in [-0.4, -0.2) is 27.2 Å². The normalized spacial score (nSPS) is 25.6. The van der Waals surface area contributed by atoms with Gasteiger partial charge in [0, 0.05) is 17.5 Å². The standard InChI is InChI=1S/C12H22NO3/c1-11(2)7-9(5-6-10(14)15)8-12(3,4)13(11)16/h9H,5-8H2,1-4H3,(H,14,15). The molecule has 4 nitrogen and oxygen atoms in total. The fourth-order valence-electron chi connectivity index (χ4n) is 3.00. The SMILES string of the molecule is CC1(C)CC(CCC(=O)O)CC(C)(C)N1[O]. The minimum atomic E-state index is -0.750. The van der Waals surface area contributed by atoms with Crippen LogP contribution in [0.1, 0.15) is 53.4 Å². The van der Waals surface area contributed by atoms with Crippen molar-refractivity contribution in [3.05, 3.63) is 0 Å². The lowest BCUT2D eigenvalue weighted by molar-refractivity contribution is -0.294. The summed E-state index contributed by atoms with van der Waals surface area (Å²) in [6, 6.07) is 0. The molecule has 1 aliphatic heterocycles. The Kier molecular flexibility index (Phi) is 3.65. The average molecular weight is 228 g/mol. The number of hydrogen-bond donors (Lipinski definition) is 1. The molecule has 1 fully saturated rings. The van der Waals surface area contributed by atoms with E-state index in [4.69, 9.17) is 5.11 Å². The van der Waals surface area contributed by atoms with E-state index in [2.05, 4.69) is 0 Å². The number of piperidine rings is 1. The minimum Gasteiger partial charge on any atom is -0.481 e. The first-order chi connectivity index (χ1) is 7.15. The fraction of sp³-hybridized carbons (Fsp3) is 0.917. The lowest BCUT2D eigenvalue weighted by atomic mass is 9.74. The van der Waals surface area contributed by atoms with Crippen molar-refractivity contribution in [1.29, 1.82) is 0 Å². The number of carboxylic acid groups (broad SMARTS) is 1. The molecule has 0 spiro atoms. The predicted octanol–water partition coefficient (Wildman–Crippen LogP) is 2.47. The van der Waals surface area contributed by atoms with Gasteiger partial charge in [0.15, 0.2) is 0 Å². The zero-order chi connectivity index (χ0) is 12.6. The van der Waals surface area contributed by atoms with Crippen molar-refractivity contribution >= 4 is 5.97 Å². The Balaban J connectivity index is 2.67. The minimum absolute atomic E-state index is 0.204. The summed E-state index contributed by atoms with van der Waals surface area (Å²) in [5, 5.41) is 21.9. The number of hydrogen-bond acceptors (Lipinski definition) is 2. The molecule has 0 bridgehead atoms. The Morgan fingerprint density at radius 3 is 2.06 bits per heavy atom. The Morgan fingerprint density at radius 2 is 1.69 bits per heavy atom. The third-order valence-electron chi connectivity index (χ3n) is 3.44. The molecule has 1 rings (SSSR count). The van der Waals surface area contributed by atoms with Crippen LogP contribution in [-0.2, 0) is 10.0 Å². The van der Waals surface area contributed by atoms with Crippen molar-refractivity contribution in [3.8, 4) is 0 Å².